The molecular formula is C14H22N2. The second kappa shape index (κ2) is 5.46. The average Bonchev–Trinajstić information content (AvgIpc) is 2.30. The SMILES string of the molecule is CN(C)Cc1ccccc1[C@H]1CCCCN1. The summed E-state index contributed by atoms with van der Waals surface area (Å²) in [4.78, 5) is 2.24. The quantitative estimate of drug-likeness (QED) is 0.839. The van der Waals surface area contributed by atoms with Gasteiger partial charge in [0.2, 0.25) is 0 Å². The van der Waals surface area contributed by atoms with Crippen molar-refractivity contribution in [3.05, 3.63) is 35.4 Å². The number of hydrogen-bond donors (Lipinski definition) is 1. The van der Waals surface area contributed by atoms with E-state index in [1.165, 1.54) is 36.9 Å². The van der Waals surface area contributed by atoms with Gasteiger partial charge in [0.25, 0.3) is 0 Å². The first-order chi connectivity index (χ1) is 7.77. The number of hydrogen-bond acceptors (Lipinski definition) is 2. The zero-order valence-electron chi connectivity index (χ0n) is 10.4. The Morgan fingerprint density at radius 1 is 1.25 bits per heavy atom. The molecule has 2 nitrogen and oxygen atoms in total. The fourth-order valence-corrected chi connectivity index (χ4v) is 2.48. The lowest BCUT2D eigenvalue weighted by Gasteiger charge is -2.26. The van der Waals surface area contributed by atoms with Gasteiger partial charge >= 0.3 is 0 Å². The molecule has 1 aromatic carbocycles. The van der Waals surface area contributed by atoms with Crippen molar-refractivity contribution in [2.75, 3.05) is 20.6 Å². The maximum atomic E-state index is 3.63. The van der Waals surface area contributed by atoms with E-state index >= 15 is 0 Å². The molecular weight excluding hydrogens is 196 g/mol. The van der Waals surface area contributed by atoms with Crippen LogP contribution in [0.4, 0.5) is 0 Å². The average molecular weight is 218 g/mol. The summed E-state index contributed by atoms with van der Waals surface area (Å²) in [5.41, 5.74) is 2.96. The lowest BCUT2D eigenvalue weighted by molar-refractivity contribution is 0.383. The summed E-state index contributed by atoms with van der Waals surface area (Å²) >= 11 is 0. The highest BCUT2D eigenvalue weighted by Gasteiger charge is 2.17. The lowest BCUT2D eigenvalue weighted by Crippen LogP contribution is -2.28. The standard InChI is InChI=1S/C14H22N2/c1-16(2)11-12-7-3-4-8-13(12)14-9-5-6-10-15-14/h3-4,7-8,14-15H,5-6,9-11H2,1-2H3/t14-/m1/s1. The van der Waals surface area contributed by atoms with Gasteiger partial charge in [0.05, 0.1) is 0 Å². The minimum Gasteiger partial charge on any atom is -0.310 e. The van der Waals surface area contributed by atoms with Gasteiger partial charge in [-0.15, -0.1) is 0 Å². The largest absolute Gasteiger partial charge is 0.310 e. The summed E-state index contributed by atoms with van der Waals surface area (Å²) in [5.74, 6) is 0. The fraction of sp³-hybridized carbons (Fsp3) is 0.571. The molecule has 1 heterocycles. The summed E-state index contributed by atoms with van der Waals surface area (Å²) < 4.78 is 0. The number of nitrogens with one attached hydrogen (secondary N) is 1. The van der Waals surface area contributed by atoms with Gasteiger partial charge in [-0.05, 0) is 44.6 Å². The minimum absolute atomic E-state index is 0.574. The van der Waals surface area contributed by atoms with Gasteiger partial charge in [-0.1, -0.05) is 30.7 Å². The third kappa shape index (κ3) is 2.83. The van der Waals surface area contributed by atoms with Crippen molar-refractivity contribution in [1.29, 1.82) is 0 Å². The number of benzene rings is 1. The molecule has 1 aromatic rings. The molecule has 1 atom stereocenters. The first kappa shape index (κ1) is 11.6. The summed E-state index contributed by atoms with van der Waals surface area (Å²) in [7, 11) is 4.26. The zero-order valence-corrected chi connectivity index (χ0v) is 10.4. The van der Waals surface area contributed by atoms with E-state index in [9.17, 15) is 0 Å². The lowest BCUT2D eigenvalue weighted by atomic mass is 9.93. The van der Waals surface area contributed by atoms with Crippen LogP contribution in [0, 0.1) is 0 Å². The molecule has 0 spiro atoms. The predicted molar refractivity (Wildman–Crippen MR) is 68.4 cm³/mol. The van der Waals surface area contributed by atoms with Gasteiger partial charge in [0.15, 0.2) is 0 Å². The van der Waals surface area contributed by atoms with E-state index in [2.05, 4.69) is 48.6 Å². The van der Waals surface area contributed by atoms with Crippen LogP contribution in [0.1, 0.15) is 36.4 Å². The zero-order chi connectivity index (χ0) is 11.4. The van der Waals surface area contributed by atoms with Gasteiger partial charge in [-0.3, -0.25) is 0 Å². The molecule has 2 rings (SSSR count). The highest BCUT2D eigenvalue weighted by atomic mass is 15.0. The highest BCUT2D eigenvalue weighted by Crippen LogP contribution is 2.26. The molecule has 16 heavy (non-hydrogen) atoms. The van der Waals surface area contributed by atoms with Crippen LogP contribution in [-0.4, -0.2) is 25.5 Å². The molecule has 0 amide bonds. The van der Waals surface area contributed by atoms with Gasteiger partial charge in [0, 0.05) is 12.6 Å². The van der Waals surface area contributed by atoms with Crippen LogP contribution in [0.15, 0.2) is 24.3 Å². The Balaban J connectivity index is 2.17. The normalized spacial score (nSPS) is 21.3. The van der Waals surface area contributed by atoms with Gasteiger partial charge in [-0.25, -0.2) is 0 Å². The van der Waals surface area contributed by atoms with E-state index in [0.29, 0.717) is 6.04 Å². The third-order valence-corrected chi connectivity index (χ3v) is 3.23. The van der Waals surface area contributed by atoms with Crippen molar-refractivity contribution in [3.8, 4) is 0 Å². The molecule has 1 aliphatic heterocycles. The Hall–Kier alpha value is -0.860. The second-order valence-corrected chi connectivity index (χ2v) is 4.94. The van der Waals surface area contributed by atoms with E-state index in [1.807, 2.05) is 0 Å². The molecule has 1 saturated heterocycles. The van der Waals surface area contributed by atoms with Crippen LogP contribution in [0.25, 0.3) is 0 Å². The summed E-state index contributed by atoms with van der Waals surface area (Å²) in [5, 5.41) is 3.63. The van der Waals surface area contributed by atoms with Crippen molar-refractivity contribution in [3.63, 3.8) is 0 Å². The summed E-state index contributed by atoms with van der Waals surface area (Å²) in [6, 6.07) is 9.41. The van der Waals surface area contributed by atoms with Crippen molar-refractivity contribution in [1.82, 2.24) is 10.2 Å². The van der Waals surface area contributed by atoms with Crippen molar-refractivity contribution in [2.45, 2.75) is 31.8 Å². The Morgan fingerprint density at radius 2 is 2.06 bits per heavy atom. The molecule has 2 heteroatoms. The first-order valence-electron chi connectivity index (χ1n) is 6.23. The number of nitrogens with zero attached hydrogens (tertiary/aromatic N) is 1. The van der Waals surface area contributed by atoms with Crippen LogP contribution in [0.2, 0.25) is 0 Å². The van der Waals surface area contributed by atoms with Crippen LogP contribution in [-0.2, 0) is 6.54 Å². The predicted octanol–water partition coefficient (Wildman–Crippen LogP) is 2.56. The van der Waals surface area contributed by atoms with E-state index < -0.39 is 0 Å². The monoisotopic (exact) mass is 218 g/mol. The highest BCUT2D eigenvalue weighted by molar-refractivity contribution is 5.30. The minimum atomic E-state index is 0.574. The van der Waals surface area contributed by atoms with E-state index in [-0.39, 0.29) is 0 Å². The smallest absolute Gasteiger partial charge is 0.0323 e. The maximum Gasteiger partial charge on any atom is 0.0323 e. The molecule has 0 saturated carbocycles. The Morgan fingerprint density at radius 3 is 2.75 bits per heavy atom. The molecule has 1 aliphatic rings. The van der Waals surface area contributed by atoms with E-state index in [1.54, 1.807) is 0 Å². The van der Waals surface area contributed by atoms with Crippen molar-refractivity contribution >= 4 is 0 Å². The van der Waals surface area contributed by atoms with Crippen molar-refractivity contribution in [2.24, 2.45) is 0 Å². The Kier molecular flexibility index (Phi) is 3.97. The molecule has 1 N–H and O–H groups in total. The fourth-order valence-electron chi connectivity index (χ4n) is 2.48. The Bertz CT molecular complexity index is 327. The third-order valence-electron chi connectivity index (χ3n) is 3.23. The molecule has 0 radical (unpaired) electrons. The number of rotatable bonds is 3. The molecule has 0 aliphatic carbocycles. The second-order valence-electron chi connectivity index (χ2n) is 4.94. The van der Waals surface area contributed by atoms with Gasteiger partial charge < -0.3 is 10.2 Å². The molecule has 88 valence electrons. The molecule has 0 bridgehead atoms. The number of piperidine rings is 1. The van der Waals surface area contributed by atoms with Gasteiger partial charge in [-0.2, -0.15) is 0 Å². The van der Waals surface area contributed by atoms with Gasteiger partial charge in [0.1, 0.15) is 0 Å². The molecule has 0 unspecified atom stereocenters. The summed E-state index contributed by atoms with van der Waals surface area (Å²) in [6.07, 6.45) is 3.96. The van der Waals surface area contributed by atoms with Crippen molar-refractivity contribution < 1.29 is 0 Å². The van der Waals surface area contributed by atoms with Crippen LogP contribution < -0.4 is 5.32 Å². The Labute approximate surface area is 98.7 Å². The first-order valence-corrected chi connectivity index (χ1v) is 6.23. The van der Waals surface area contributed by atoms with Crippen LogP contribution >= 0.6 is 0 Å². The van der Waals surface area contributed by atoms with Crippen LogP contribution in [0.5, 0.6) is 0 Å². The molecule has 0 aromatic heterocycles. The van der Waals surface area contributed by atoms with E-state index in [4.69, 9.17) is 0 Å². The van der Waals surface area contributed by atoms with Crippen LogP contribution in [0.3, 0.4) is 0 Å². The molecule has 1 fully saturated rings. The topological polar surface area (TPSA) is 15.3 Å². The van der Waals surface area contributed by atoms with E-state index in [0.717, 1.165) is 6.54 Å². The summed E-state index contributed by atoms with van der Waals surface area (Å²) in [6.45, 7) is 2.20. The maximum absolute atomic E-state index is 3.63.